The average Bonchev–Trinajstić information content (AvgIpc) is 3.53. The van der Waals surface area contributed by atoms with E-state index in [0.29, 0.717) is 22.7 Å². The molecule has 34 heavy (non-hydrogen) atoms. The molecule has 2 aliphatic rings. The highest BCUT2D eigenvalue weighted by molar-refractivity contribution is 7.08. The van der Waals surface area contributed by atoms with Crippen LogP contribution in [-0.2, 0) is 16.1 Å². The van der Waals surface area contributed by atoms with E-state index in [1.54, 1.807) is 30.7 Å². The van der Waals surface area contributed by atoms with Crippen molar-refractivity contribution in [1.29, 1.82) is 0 Å². The Hall–Kier alpha value is -3.26. The quantitative estimate of drug-likeness (QED) is 0.383. The first-order chi connectivity index (χ1) is 16.6. The van der Waals surface area contributed by atoms with Crippen LogP contribution in [0.5, 0.6) is 0 Å². The molecule has 2 amide bonds. The van der Waals surface area contributed by atoms with Crippen molar-refractivity contribution in [3.63, 3.8) is 0 Å². The van der Waals surface area contributed by atoms with E-state index in [1.807, 2.05) is 35.7 Å². The number of imide groups is 1. The van der Waals surface area contributed by atoms with Crippen LogP contribution < -0.4 is 10.6 Å². The lowest BCUT2D eigenvalue weighted by Crippen LogP contribution is -2.36. The second-order valence-electron chi connectivity index (χ2n) is 8.68. The number of hydrogen-bond acceptors (Lipinski definition) is 6. The van der Waals surface area contributed by atoms with Crippen molar-refractivity contribution in [2.24, 2.45) is 0 Å². The van der Waals surface area contributed by atoms with Crippen molar-refractivity contribution in [3.05, 3.63) is 82.2 Å². The van der Waals surface area contributed by atoms with E-state index < -0.39 is 5.91 Å². The van der Waals surface area contributed by atoms with Gasteiger partial charge in [-0.25, -0.2) is 0 Å². The Morgan fingerprint density at radius 2 is 1.94 bits per heavy atom. The van der Waals surface area contributed by atoms with Crippen molar-refractivity contribution in [3.8, 4) is 11.1 Å². The van der Waals surface area contributed by atoms with E-state index in [0.717, 1.165) is 36.5 Å². The van der Waals surface area contributed by atoms with E-state index in [1.165, 1.54) is 18.4 Å². The molecule has 0 aliphatic carbocycles. The van der Waals surface area contributed by atoms with Gasteiger partial charge in [0.1, 0.15) is 0 Å². The molecule has 1 aromatic heterocycles. The van der Waals surface area contributed by atoms with Gasteiger partial charge in [-0.05, 0) is 77.2 Å². The van der Waals surface area contributed by atoms with Crippen molar-refractivity contribution in [1.82, 2.24) is 10.2 Å². The third-order valence-corrected chi connectivity index (χ3v) is 7.14. The van der Waals surface area contributed by atoms with E-state index in [4.69, 9.17) is 4.74 Å². The molecular weight excluding hydrogens is 446 g/mol. The smallest absolute Gasteiger partial charge is 0.260 e. The van der Waals surface area contributed by atoms with Crippen LogP contribution in [0, 0.1) is 0 Å². The normalized spacial score (nSPS) is 19.3. The van der Waals surface area contributed by atoms with E-state index in [9.17, 15) is 9.59 Å². The molecule has 2 aromatic carbocycles. The summed E-state index contributed by atoms with van der Waals surface area (Å²) >= 11 is 1.61. The number of nitrogens with one attached hydrogen (secondary N) is 2. The molecule has 0 spiro atoms. The number of amides is 2. The number of carbonyl (C=O) groups is 2. The molecule has 0 radical (unpaired) electrons. The Morgan fingerprint density at radius 3 is 2.71 bits per heavy atom. The van der Waals surface area contributed by atoms with Crippen LogP contribution in [0.25, 0.3) is 16.7 Å². The van der Waals surface area contributed by atoms with Gasteiger partial charge in [0.2, 0.25) is 0 Å². The fraction of sp³-hybridized carbons (Fsp3) is 0.259. The summed E-state index contributed by atoms with van der Waals surface area (Å²) in [7, 11) is 1.76. The zero-order valence-corrected chi connectivity index (χ0v) is 19.9. The van der Waals surface area contributed by atoms with Crippen molar-refractivity contribution in [2.45, 2.75) is 25.4 Å². The third-order valence-electron chi connectivity index (χ3n) is 6.46. The number of hydrogen-bond donors (Lipinski definition) is 2. The zero-order chi connectivity index (χ0) is 23.5. The molecule has 6 nitrogen and oxygen atoms in total. The molecule has 0 unspecified atom stereocenters. The number of fused-ring (bicyclic) bond motifs is 1. The lowest BCUT2D eigenvalue weighted by Gasteiger charge is -2.23. The summed E-state index contributed by atoms with van der Waals surface area (Å²) in [6.07, 6.45) is 4.07. The maximum atomic E-state index is 12.7. The molecule has 1 saturated heterocycles. The molecular formula is C27H27N3O3S. The first kappa shape index (κ1) is 22.5. The zero-order valence-electron chi connectivity index (χ0n) is 19.0. The molecule has 3 aromatic rings. The van der Waals surface area contributed by atoms with Crippen LogP contribution in [0.2, 0.25) is 0 Å². The second kappa shape index (κ2) is 9.93. The highest BCUT2D eigenvalue weighted by Gasteiger charge is 2.28. The summed E-state index contributed by atoms with van der Waals surface area (Å²) in [4.78, 5) is 27.5. The number of thiophene rings is 1. The fourth-order valence-corrected chi connectivity index (χ4v) is 5.32. The SMILES string of the molecule is COC[C@H]1CCCN1Cc1ccc(NC=C2C(=O)NC(=O)c3ccc(-c4ccsc4)cc32)cc1. The highest BCUT2D eigenvalue weighted by atomic mass is 32.1. The van der Waals surface area contributed by atoms with Gasteiger partial charge < -0.3 is 10.1 Å². The van der Waals surface area contributed by atoms with Gasteiger partial charge in [-0.15, -0.1) is 0 Å². The Bertz CT molecular complexity index is 1220. The first-order valence-corrected chi connectivity index (χ1v) is 12.4. The molecule has 0 bridgehead atoms. The maximum Gasteiger partial charge on any atom is 0.260 e. The average molecular weight is 474 g/mol. The molecule has 1 fully saturated rings. The van der Waals surface area contributed by atoms with Crippen LogP contribution in [0.4, 0.5) is 5.69 Å². The minimum atomic E-state index is -0.401. The monoisotopic (exact) mass is 473 g/mol. The minimum absolute atomic E-state index is 0.368. The predicted octanol–water partition coefficient (Wildman–Crippen LogP) is 4.75. The van der Waals surface area contributed by atoms with Gasteiger partial charge in [0.25, 0.3) is 11.8 Å². The summed E-state index contributed by atoms with van der Waals surface area (Å²) in [5, 5.41) is 9.74. The lowest BCUT2D eigenvalue weighted by atomic mass is 9.92. The summed E-state index contributed by atoms with van der Waals surface area (Å²) in [6.45, 7) is 2.77. The summed E-state index contributed by atoms with van der Waals surface area (Å²) in [5.74, 6) is -0.769. The number of rotatable bonds is 7. The van der Waals surface area contributed by atoms with Gasteiger partial charge >= 0.3 is 0 Å². The molecule has 7 heteroatoms. The second-order valence-corrected chi connectivity index (χ2v) is 9.46. The molecule has 2 N–H and O–H groups in total. The molecule has 2 aliphatic heterocycles. The van der Waals surface area contributed by atoms with E-state index >= 15 is 0 Å². The summed E-state index contributed by atoms with van der Waals surface area (Å²) in [5.41, 5.74) is 5.75. The van der Waals surface area contributed by atoms with Gasteiger partial charge in [-0.1, -0.05) is 18.2 Å². The Kier molecular flexibility index (Phi) is 6.58. The van der Waals surface area contributed by atoms with E-state index in [-0.39, 0.29) is 5.91 Å². The number of ether oxygens (including phenoxy) is 1. The molecule has 5 rings (SSSR count). The van der Waals surface area contributed by atoms with Crippen LogP contribution in [0.15, 0.2) is 65.5 Å². The molecule has 1 atom stereocenters. The van der Waals surface area contributed by atoms with Crippen LogP contribution in [0.1, 0.15) is 34.3 Å². The predicted molar refractivity (Wildman–Crippen MR) is 136 cm³/mol. The maximum absolute atomic E-state index is 12.7. The van der Waals surface area contributed by atoms with Crippen molar-refractivity contribution >= 4 is 34.4 Å². The highest BCUT2D eigenvalue weighted by Crippen LogP contribution is 2.31. The van der Waals surface area contributed by atoms with Crippen molar-refractivity contribution < 1.29 is 14.3 Å². The Morgan fingerprint density at radius 1 is 1.09 bits per heavy atom. The van der Waals surface area contributed by atoms with Crippen LogP contribution in [-0.4, -0.2) is 43.0 Å². The third kappa shape index (κ3) is 4.68. The Labute approximate surface area is 203 Å². The lowest BCUT2D eigenvalue weighted by molar-refractivity contribution is -0.114. The number of nitrogens with zero attached hydrogens (tertiary/aromatic N) is 1. The van der Waals surface area contributed by atoms with Crippen LogP contribution >= 0.6 is 11.3 Å². The number of methoxy groups -OCH3 is 1. The van der Waals surface area contributed by atoms with Gasteiger partial charge in [0.05, 0.1) is 12.2 Å². The number of likely N-dealkylation sites (tertiary alicyclic amines) is 1. The summed E-state index contributed by atoms with van der Waals surface area (Å²) < 4.78 is 5.36. The molecule has 174 valence electrons. The fourth-order valence-electron chi connectivity index (χ4n) is 4.66. The molecule has 3 heterocycles. The molecule has 0 saturated carbocycles. The van der Waals surface area contributed by atoms with Gasteiger partial charge in [0, 0.05) is 42.7 Å². The minimum Gasteiger partial charge on any atom is -0.383 e. The van der Waals surface area contributed by atoms with Gasteiger partial charge in [0.15, 0.2) is 0 Å². The number of carbonyl (C=O) groups excluding carboxylic acids is 2. The number of anilines is 1. The largest absolute Gasteiger partial charge is 0.383 e. The van der Waals surface area contributed by atoms with E-state index in [2.05, 4.69) is 33.0 Å². The topological polar surface area (TPSA) is 70.7 Å². The standard InChI is InChI=1S/C27H27N3O3S/c1-33-16-22-3-2-11-30(22)15-18-4-7-21(8-5-18)28-14-25-24-13-19(20-10-12-34-17-20)6-9-23(24)26(31)29-27(25)32/h4-10,12-14,17,22,28H,2-3,11,15-16H2,1H3,(H,29,31,32)/t22-/m1/s1. The van der Waals surface area contributed by atoms with Gasteiger partial charge in [-0.2, -0.15) is 11.3 Å². The number of benzene rings is 2. The Balaban J connectivity index is 1.34. The summed E-state index contributed by atoms with van der Waals surface area (Å²) in [6, 6.07) is 16.4. The van der Waals surface area contributed by atoms with Crippen LogP contribution in [0.3, 0.4) is 0 Å². The van der Waals surface area contributed by atoms with Crippen molar-refractivity contribution in [2.75, 3.05) is 25.6 Å². The van der Waals surface area contributed by atoms with Gasteiger partial charge in [-0.3, -0.25) is 19.8 Å². The first-order valence-electron chi connectivity index (χ1n) is 11.4.